The van der Waals surface area contributed by atoms with Gasteiger partial charge >= 0.3 is 12.0 Å². The van der Waals surface area contributed by atoms with Gasteiger partial charge in [0.2, 0.25) is 5.91 Å². The van der Waals surface area contributed by atoms with E-state index in [2.05, 4.69) is 15.4 Å². The summed E-state index contributed by atoms with van der Waals surface area (Å²) in [7, 11) is 1.47. The first kappa shape index (κ1) is 14.2. The highest BCUT2D eigenvalue weighted by Crippen LogP contribution is 1.91. The highest BCUT2D eigenvalue weighted by atomic mass is 16.5. The van der Waals surface area contributed by atoms with Gasteiger partial charge in [-0.2, -0.15) is 0 Å². The SMILES string of the molecule is COCCNC(=O)NC(CC(N)=O)C(=O)O. The zero-order chi connectivity index (χ0) is 12.6. The lowest BCUT2D eigenvalue weighted by atomic mass is 10.2. The number of carbonyl (C=O) groups is 3. The van der Waals surface area contributed by atoms with E-state index in [0.29, 0.717) is 6.61 Å². The van der Waals surface area contributed by atoms with E-state index >= 15 is 0 Å². The normalized spacial score (nSPS) is 11.6. The number of hydrogen-bond acceptors (Lipinski definition) is 4. The lowest BCUT2D eigenvalue weighted by Gasteiger charge is -2.13. The number of aliphatic carboxylic acids is 1. The summed E-state index contributed by atoms with van der Waals surface area (Å²) in [5.74, 6) is -2.12. The van der Waals surface area contributed by atoms with E-state index < -0.39 is 30.4 Å². The summed E-state index contributed by atoms with van der Waals surface area (Å²) in [5.41, 5.74) is 4.83. The van der Waals surface area contributed by atoms with Crippen LogP contribution < -0.4 is 16.4 Å². The molecule has 0 aliphatic carbocycles. The van der Waals surface area contributed by atoms with Gasteiger partial charge in [0.25, 0.3) is 0 Å². The first-order valence-electron chi connectivity index (χ1n) is 4.51. The Morgan fingerprint density at radius 2 is 2.06 bits per heavy atom. The molecule has 0 aliphatic heterocycles. The predicted octanol–water partition coefficient (Wildman–Crippen LogP) is -1.74. The molecule has 92 valence electrons. The van der Waals surface area contributed by atoms with Gasteiger partial charge in [0.15, 0.2) is 0 Å². The number of hydrogen-bond donors (Lipinski definition) is 4. The van der Waals surface area contributed by atoms with Crippen LogP contribution in [0.15, 0.2) is 0 Å². The number of methoxy groups -OCH3 is 1. The second-order valence-electron chi connectivity index (χ2n) is 2.95. The Bertz CT molecular complexity index is 268. The van der Waals surface area contributed by atoms with Gasteiger partial charge in [0, 0.05) is 13.7 Å². The molecule has 8 nitrogen and oxygen atoms in total. The summed E-state index contributed by atoms with van der Waals surface area (Å²) >= 11 is 0. The second-order valence-corrected chi connectivity index (χ2v) is 2.95. The molecule has 0 aromatic heterocycles. The van der Waals surface area contributed by atoms with Crippen molar-refractivity contribution in [1.82, 2.24) is 10.6 Å². The van der Waals surface area contributed by atoms with Gasteiger partial charge in [0.05, 0.1) is 13.0 Å². The summed E-state index contributed by atoms with van der Waals surface area (Å²) in [6.07, 6.45) is -0.451. The molecule has 0 rings (SSSR count). The van der Waals surface area contributed by atoms with Crippen molar-refractivity contribution in [2.45, 2.75) is 12.5 Å². The Balaban J connectivity index is 4.03. The quantitative estimate of drug-likeness (QED) is 0.388. The van der Waals surface area contributed by atoms with Crippen molar-refractivity contribution in [3.8, 4) is 0 Å². The summed E-state index contributed by atoms with van der Waals surface area (Å²) in [6, 6.07) is -2.01. The Hall–Kier alpha value is -1.83. The van der Waals surface area contributed by atoms with Gasteiger partial charge in [0.1, 0.15) is 6.04 Å². The van der Waals surface area contributed by atoms with Gasteiger partial charge in [-0.3, -0.25) is 4.79 Å². The van der Waals surface area contributed by atoms with Gasteiger partial charge in [-0.1, -0.05) is 0 Å². The number of carboxylic acid groups (broad SMARTS) is 1. The number of carbonyl (C=O) groups excluding carboxylic acids is 2. The lowest BCUT2D eigenvalue weighted by molar-refractivity contribution is -0.140. The number of carboxylic acids is 1. The molecule has 0 saturated heterocycles. The number of urea groups is 1. The van der Waals surface area contributed by atoms with E-state index in [9.17, 15) is 14.4 Å². The maximum atomic E-state index is 11.1. The smallest absolute Gasteiger partial charge is 0.326 e. The fourth-order valence-electron chi connectivity index (χ4n) is 0.877. The summed E-state index contributed by atoms with van der Waals surface area (Å²) < 4.78 is 4.68. The largest absolute Gasteiger partial charge is 0.480 e. The maximum Gasteiger partial charge on any atom is 0.326 e. The molecule has 0 aromatic carbocycles. The Kier molecular flexibility index (Phi) is 6.61. The van der Waals surface area contributed by atoms with Crippen LogP contribution in [-0.2, 0) is 14.3 Å². The number of ether oxygens (including phenoxy) is 1. The average Bonchev–Trinajstić information content (AvgIpc) is 2.16. The number of nitrogens with two attached hydrogens (primary N) is 1. The molecule has 3 amide bonds. The maximum absolute atomic E-state index is 11.1. The molecule has 0 spiro atoms. The van der Waals surface area contributed by atoms with E-state index in [1.54, 1.807) is 0 Å². The number of rotatable bonds is 7. The molecule has 0 radical (unpaired) electrons. The van der Waals surface area contributed by atoms with E-state index in [4.69, 9.17) is 10.8 Å². The lowest BCUT2D eigenvalue weighted by Crippen LogP contribution is -2.48. The van der Waals surface area contributed by atoms with E-state index in [1.807, 2.05) is 0 Å². The van der Waals surface area contributed by atoms with Crippen LogP contribution in [0.5, 0.6) is 0 Å². The minimum Gasteiger partial charge on any atom is -0.480 e. The first-order valence-corrected chi connectivity index (χ1v) is 4.51. The van der Waals surface area contributed by atoms with Crippen LogP contribution in [0.2, 0.25) is 0 Å². The average molecular weight is 233 g/mol. The van der Waals surface area contributed by atoms with Gasteiger partial charge in [-0.05, 0) is 0 Å². The Labute approximate surface area is 92.1 Å². The second kappa shape index (κ2) is 7.46. The molecular formula is C8H15N3O5. The highest BCUT2D eigenvalue weighted by molar-refractivity contribution is 5.87. The van der Waals surface area contributed by atoms with Crippen LogP contribution >= 0.6 is 0 Å². The van der Waals surface area contributed by atoms with Crippen LogP contribution in [0, 0.1) is 0 Å². The van der Waals surface area contributed by atoms with Crippen LogP contribution in [0.3, 0.4) is 0 Å². The summed E-state index contributed by atoms with van der Waals surface area (Å²) in [6.45, 7) is 0.548. The molecule has 16 heavy (non-hydrogen) atoms. The fourth-order valence-corrected chi connectivity index (χ4v) is 0.877. The standard InChI is InChI=1S/C8H15N3O5/c1-16-3-2-10-8(15)11-5(7(13)14)4-6(9)12/h5H,2-4H2,1H3,(H2,9,12)(H,13,14)(H2,10,11,15). The molecule has 0 bridgehead atoms. The van der Waals surface area contributed by atoms with E-state index in [-0.39, 0.29) is 6.54 Å². The third-order valence-corrected chi connectivity index (χ3v) is 1.60. The number of amides is 3. The molecule has 0 aliphatic rings. The Morgan fingerprint density at radius 1 is 1.44 bits per heavy atom. The molecule has 1 unspecified atom stereocenters. The molecular weight excluding hydrogens is 218 g/mol. The van der Waals surface area contributed by atoms with Crippen molar-refractivity contribution in [3.63, 3.8) is 0 Å². The van der Waals surface area contributed by atoms with E-state index in [1.165, 1.54) is 7.11 Å². The molecule has 5 N–H and O–H groups in total. The fraction of sp³-hybridized carbons (Fsp3) is 0.625. The van der Waals surface area contributed by atoms with Crippen LogP contribution in [0.1, 0.15) is 6.42 Å². The van der Waals surface area contributed by atoms with Gasteiger partial charge < -0.3 is 26.2 Å². The third-order valence-electron chi connectivity index (χ3n) is 1.60. The minimum atomic E-state index is -1.32. The van der Waals surface area contributed by atoms with Crippen LogP contribution in [0.25, 0.3) is 0 Å². The molecule has 8 heteroatoms. The zero-order valence-corrected chi connectivity index (χ0v) is 8.86. The Morgan fingerprint density at radius 3 is 2.50 bits per heavy atom. The molecule has 0 aromatic rings. The van der Waals surface area contributed by atoms with Crippen molar-refractivity contribution in [1.29, 1.82) is 0 Å². The molecule has 0 saturated carbocycles. The summed E-state index contributed by atoms with van der Waals surface area (Å²) in [5, 5.41) is 13.1. The topological polar surface area (TPSA) is 131 Å². The van der Waals surface area contributed by atoms with Crippen molar-refractivity contribution >= 4 is 17.9 Å². The number of nitrogens with one attached hydrogen (secondary N) is 2. The zero-order valence-electron chi connectivity index (χ0n) is 8.86. The monoisotopic (exact) mass is 233 g/mol. The van der Waals surface area contributed by atoms with Crippen molar-refractivity contribution in [2.24, 2.45) is 5.73 Å². The van der Waals surface area contributed by atoms with Crippen molar-refractivity contribution in [2.75, 3.05) is 20.3 Å². The van der Waals surface area contributed by atoms with Crippen LogP contribution in [0.4, 0.5) is 4.79 Å². The van der Waals surface area contributed by atoms with Crippen molar-refractivity contribution in [3.05, 3.63) is 0 Å². The third kappa shape index (κ3) is 6.60. The van der Waals surface area contributed by atoms with Gasteiger partial charge in [-0.15, -0.1) is 0 Å². The summed E-state index contributed by atoms with van der Waals surface area (Å²) in [4.78, 5) is 32.3. The van der Waals surface area contributed by atoms with Crippen molar-refractivity contribution < 1.29 is 24.2 Å². The predicted molar refractivity (Wildman–Crippen MR) is 53.6 cm³/mol. The number of primary amides is 1. The minimum absolute atomic E-state index is 0.241. The molecule has 0 fully saturated rings. The first-order chi connectivity index (χ1) is 7.47. The molecule has 1 atom stereocenters. The van der Waals surface area contributed by atoms with Crippen LogP contribution in [-0.4, -0.2) is 49.3 Å². The van der Waals surface area contributed by atoms with Gasteiger partial charge in [-0.25, -0.2) is 9.59 Å². The molecule has 0 heterocycles. The highest BCUT2D eigenvalue weighted by Gasteiger charge is 2.21. The van der Waals surface area contributed by atoms with E-state index in [0.717, 1.165) is 0 Å².